The number of carboxylic acid groups (broad SMARTS) is 1. The van der Waals surface area contributed by atoms with Crippen molar-refractivity contribution in [3.05, 3.63) is 96.1 Å². The highest BCUT2D eigenvalue weighted by atomic mass is 16.5. The lowest BCUT2D eigenvalue weighted by Crippen LogP contribution is -2.42. The summed E-state index contributed by atoms with van der Waals surface area (Å²) in [6, 6.07) is 24.1. The molecule has 2 N–H and O–H groups in total. The molecule has 5 heteroatoms. The van der Waals surface area contributed by atoms with Gasteiger partial charge in [0.05, 0.1) is 0 Å². The smallest absolute Gasteiger partial charge is 0.326 e. The Bertz CT molecular complexity index is 893. The summed E-state index contributed by atoms with van der Waals surface area (Å²) < 4.78 is 5.69. The number of para-hydroxylation sites is 1. The van der Waals surface area contributed by atoms with Gasteiger partial charge in [0, 0.05) is 12.0 Å². The van der Waals surface area contributed by atoms with Crippen LogP contribution in [0.3, 0.4) is 0 Å². The van der Waals surface area contributed by atoms with Crippen molar-refractivity contribution in [2.24, 2.45) is 0 Å². The molecule has 3 aromatic carbocycles. The third-order valence-corrected chi connectivity index (χ3v) is 3.98. The zero-order valence-electron chi connectivity index (χ0n) is 14.5. The maximum absolute atomic E-state index is 12.4. The zero-order valence-corrected chi connectivity index (χ0v) is 14.5. The molecule has 0 spiro atoms. The lowest BCUT2D eigenvalue weighted by molar-refractivity contribution is -0.139. The van der Waals surface area contributed by atoms with E-state index in [0.717, 1.165) is 5.56 Å². The molecule has 3 rings (SSSR count). The second-order valence-electron chi connectivity index (χ2n) is 5.99. The van der Waals surface area contributed by atoms with E-state index in [4.69, 9.17) is 4.74 Å². The average molecular weight is 361 g/mol. The van der Waals surface area contributed by atoms with Gasteiger partial charge in [0.15, 0.2) is 0 Å². The molecule has 0 saturated carbocycles. The molecule has 1 atom stereocenters. The van der Waals surface area contributed by atoms with Crippen LogP contribution < -0.4 is 10.1 Å². The molecule has 0 aliphatic carbocycles. The van der Waals surface area contributed by atoms with Crippen molar-refractivity contribution in [2.75, 3.05) is 0 Å². The minimum absolute atomic E-state index is 0.219. The minimum Gasteiger partial charge on any atom is -0.480 e. The Hall–Kier alpha value is -3.60. The summed E-state index contributed by atoms with van der Waals surface area (Å²) >= 11 is 0. The summed E-state index contributed by atoms with van der Waals surface area (Å²) in [5, 5.41) is 12.0. The van der Waals surface area contributed by atoms with E-state index in [9.17, 15) is 14.7 Å². The molecule has 0 saturated heterocycles. The Morgan fingerprint density at radius 1 is 0.815 bits per heavy atom. The van der Waals surface area contributed by atoms with Crippen molar-refractivity contribution >= 4 is 11.9 Å². The summed E-state index contributed by atoms with van der Waals surface area (Å²) in [4.78, 5) is 23.9. The molecule has 0 bridgehead atoms. The fourth-order valence-corrected chi connectivity index (χ4v) is 2.59. The first-order valence-corrected chi connectivity index (χ1v) is 8.52. The number of rotatable bonds is 7. The second-order valence-corrected chi connectivity index (χ2v) is 5.99. The molecule has 0 aromatic heterocycles. The van der Waals surface area contributed by atoms with Gasteiger partial charge in [0.2, 0.25) is 0 Å². The third-order valence-electron chi connectivity index (χ3n) is 3.98. The monoisotopic (exact) mass is 361 g/mol. The lowest BCUT2D eigenvalue weighted by Gasteiger charge is -2.15. The van der Waals surface area contributed by atoms with E-state index in [1.807, 2.05) is 60.7 Å². The molecular formula is C22H19NO4. The normalized spacial score (nSPS) is 11.4. The number of carboxylic acids is 1. The van der Waals surface area contributed by atoms with Gasteiger partial charge in [0.1, 0.15) is 17.5 Å². The van der Waals surface area contributed by atoms with Gasteiger partial charge < -0.3 is 15.2 Å². The number of ether oxygens (including phenoxy) is 1. The number of nitrogens with one attached hydrogen (secondary N) is 1. The minimum atomic E-state index is -1.07. The highest BCUT2D eigenvalue weighted by molar-refractivity contribution is 5.96. The van der Waals surface area contributed by atoms with Gasteiger partial charge in [-0.25, -0.2) is 4.79 Å². The Morgan fingerprint density at radius 2 is 1.37 bits per heavy atom. The first-order chi connectivity index (χ1) is 13.1. The van der Waals surface area contributed by atoms with Crippen molar-refractivity contribution in [3.63, 3.8) is 0 Å². The van der Waals surface area contributed by atoms with Crippen LogP contribution in [0.25, 0.3) is 0 Å². The molecule has 0 heterocycles. The maximum Gasteiger partial charge on any atom is 0.326 e. The molecule has 27 heavy (non-hydrogen) atoms. The quantitative estimate of drug-likeness (QED) is 0.669. The molecule has 0 aliphatic heterocycles. The molecule has 1 amide bonds. The van der Waals surface area contributed by atoms with E-state index in [0.29, 0.717) is 17.1 Å². The largest absolute Gasteiger partial charge is 0.480 e. The number of benzene rings is 3. The second kappa shape index (κ2) is 8.67. The Labute approximate surface area is 157 Å². The van der Waals surface area contributed by atoms with Gasteiger partial charge >= 0.3 is 5.97 Å². The summed E-state index contributed by atoms with van der Waals surface area (Å²) in [6.07, 6.45) is 0.219. The third kappa shape index (κ3) is 5.19. The maximum atomic E-state index is 12.4. The van der Waals surface area contributed by atoms with Crippen LogP contribution in [0.2, 0.25) is 0 Å². The molecular weight excluding hydrogens is 342 g/mol. The molecule has 0 fully saturated rings. The molecule has 0 aliphatic rings. The van der Waals surface area contributed by atoms with Gasteiger partial charge in [-0.15, -0.1) is 0 Å². The Morgan fingerprint density at radius 3 is 1.96 bits per heavy atom. The van der Waals surface area contributed by atoms with Crippen molar-refractivity contribution in [1.29, 1.82) is 0 Å². The van der Waals surface area contributed by atoms with Crippen molar-refractivity contribution in [1.82, 2.24) is 5.32 Å². The van der Waals surface area contributed by atoms with E-state index >= 15 is 0 Å². The van der Waals surface area contributed by atoms with Crippen LogP contribution in [0.4, 0.5) is 0 Å². The summed E-state index contributed by atoms with van der Waals surface area (Å²) in [7, 11) is 0. The van der Waals surface area contributed by atoms with Crippen LogP contribution in [-0.4, -0.2) is 23.0 Å². The van der Waals surface area contributed by atoms with Gasteiger partial charge in [0.25, 0.3) is 5.91 Å². The predicted octanol–water partition coefficient (Wildman–Crippen LogP) is 3.90. The van der Waals surface area contributed by atoms with E-state index < -0.39 is 17.9 Å². The first kappa shape index (κ1) is 18.2. The number of hydrogen-bond acceptors (Lipinski definition) is 3. The van der Waals surface area contributed by atoms with Gasteiger partial charge in [-0.3, -0.25) is 4.79 Å². The van der Waals surface area contributed by atoms with Gasteiger partial charge in [-0.1, -0.05) is 48.5 Å². The molecule has 0 radical (unpaired) electrons. The van der Waals surface area contributed by atoms with Crippen LogP contribution >= 0.6 is 0 Å². The highest BCUT2D eigenvalue weighted by Gasteiger charge is 2.21. The number of amides is 1. The fourth-order valence-electron chi connectivity index (χ4n) is 2.59. The highest BCUT2D eigenvalue weighted by Crippen LogP contribution is 2.21. The van der Waals surface area contributed by atoms with E-state index in [-0.39, 0.29) is 6.42 Å². The Balaban J connectivity index is 1.64. The lowest BCUT2D eigenvalue weighted by atomic mass is 10.1. The van der Waals surface area contributed by atoms with Crippen LogP contribution in [0.15, 0.2) is 84.9 Å². The standard InChI is InChI=1S/C22H19NO4/c24-21(23-20(22(25)26)15-16-7-3-1-4-8-16)17-11-13-19(14-12-17)27-18-9-5-2-6-10-18/h1-14,20H,15H2,(H,23,24)(H,25,26)/t20-/m0/s1. The van der Waals surface area contributed by atoms with Crippen LogP contribution in [-0.2, 0) is 11.2 Å². The van der Waals surface area contributed by atoms with E-state index in [2.05, 4.69) is 5.32 Å². The predicted molar refractivity (Wildman–Crippen MR) is 102 cm³/mol. The van der Waals surface area contributed by atoms with E-state index in [1.165, 1.54) is 0 Å². The van der Waals surface area contributed by atoms with Gasteiger partial charge in [-0.2, -0.15) is 0 Å². The molecule has 3 aromatic rings. The zero-order chi connectivity index (χ0) is 19.1. The van der Waals surface area contributed by atoms with Crippen molar-refractivity contribution in [2.45, 2.75) is 12.5 Å². The molecule has 5 nitrogen and oxygen atoms in total. The molecule has 136 valence electrons. The van der Waals surface area contributed by atoms with Crippen LogP contribution in [0, 0.1) is 0 Å². The summed E-state index contributed by atoms with van der Waals surface area (Å²) in [5.41, 5.74) is 1.21. The first-order valence-electron chi connectivity index (χ1n) is 8.52. The van der Waals surface area contributed by atoms with Gasteiger partial charge in [-0.05, 0) is 42.0 Å². The SMILES string of the molecule is O=C(N[C@@H](Cc1ccccc1)C(=O)O)c1ccc(Oc2ccccc2)cc1. The topological polar surface area (TPSA) is 75.6 Å². The molecule has 0 unspecified atom stereocenters. The number of carbonyl (C=O) groups is 2. The number of hydrogen-bond donors (Lipinski definition) is 2. The van der Waals surface area contributed by atoms with Crippen molar-refractivity contribution in [3.8, 4) is 11.5 Å². The van der Waals surface area contributed by atoms with Crippen molar-refractivity contribution < 1.29 is 19.4 Å². The summed E-state index contributed by atoms with van der Waals surface area (Å²) in [5.74, 6) is -0.221. The summed E-state index contributed by atoms with van der Waals surface area (Å²) in [6.45, 7) is 0. The average Bonchev–Trinajstić information content (AvgIpc) is 2.69. The number of carbonyl (C=O) groups excluding carboxylic acids is 1. The fraction of sp³-hybridized carbons (Fsp3) is 0.0909. The number of aliphatic carboxylic acids is 1. The van der Waals surface area contributed by atoms with E-state index in [1.54, 1.807) is 24.3 Å². The Kier molecular flexibility index (Phi) is 5.84. The van der Waals surface area contributed by atoms with Crippen LogP contribution in [0.1, 0.15) is 15.9 Å². The van der Waals surface area contributed by atoms with Crippen LogP contribution in [0.5, 0.6) is 11.5 Å².